The maximum atomic E-state index is 13.0. The van der Waals surface area contributed by atoms with Crippen molar-refractivity contribution >= 4 is 5.69 Å². The molecule has 1 aromatic rings. The molecule has 1 rings (SSSR count). The molecule has 0 amide bonds. The van der Waals surface area contributed by atoms with Gasteiger partial charge in [0.05, 0.1) is 12.3 Å². The van der Waals surface area contributed by atoms with Gasteiger partial charge in [0.2, 0.25) is 0 Å². The first kappa shape index (κ1) is 10.9. The lowest BCUT2D eigenvalue weighted by Gasteiger charge is -2.07. The highest BCUT2D eigenvalue weighted by Gasteiger charge is 2.05. The van der Waals surface area contributed by atoms with E-state index in [4.69, 9.17) is 4.74 Å². The number of ether oxygens (including phenoxy) is 1. The zero-order valence-electron chi connectivity index (χ0n) is 8.02. The van der Waals surface area contributed by atoms with Crippen LogP contribution in [0.3, 0.4) is 0 Å². The lowest BCUT2D eigenvalue weighted by molar-refractivity contribution is 0.158. The van der Waals surface area contributed by atoms with Crippen LogP contribution in [0.4, 0.5) is 14.5 Å². The first-order valence-corrected chi connectivity index (χ1v) is 4.51. The van der Waals surface area contributed by atoms with Gasteiger partial charge in [-0.1, -0.05) is 6.07 Å². The van der Waals surface area contributed by atoms with Gasteiger partial charge < -0.3 is 10.1 Å². The molecule has 4 heteroatoms. The Morgan fingerprint density at radius 2 is 2.14 bits per heavy atom. The summed E-state index contributed by atoms with van der Waals surface area (Å²) in [5.41, 5.74) is 0.171. The number of anilines is 1. The molecule has 1 N–H and O–H groups in total. The summed E-state index contributed by atoms with van der Waals surface area (Å²) >= 11 is 0. The van der Waals surface area contributed by atoms with Gasteiger partial charge in [0.15, 0.2) is 11.6 Å². The van der Waals surface area contributed by atoms with Crippen LogP contribution in [0.15, 0.2) is 18.2 Å². The Balaban J connectivity index is 2.46. The Bertz CT molecular complexity index is 291. The van der Waals surface area contributed by atoms with Crippen LogP contribution in [-0.2, 0) is 4.74 Å². The summed E-state index contributed by atoms with van der Waals surface area (Å²) < 4.78 is 30.8. The van der Waals surface area contributed by atoms with Gasteiger partial charge in [0.1, 0.15) is 0 Å². The third-order valence-electron chi connectivity index (χ3n) is 1.72. The van der Waals surface area contributed by atoms with Crippen molar-refractivity contribution in [3.63, 3.8) is 0 Å². The van der Waals surface area contributed by atoms with E-state index >= 15 is 0 Å². The zero-order valence-corrected chi connectivity index (χ0v) is 8.02. The topological polar surface area (TPSA) is 21.3 Å². The molecule has 78 valence electrons. The van der Waals surface area contributed by atoms with E-state index < -0.39 is 11.6 Å². The van der Waals surface area contributed by atoms with Crippen LogP contribution < -0.4 is 5.32 Å². The molecule has 0 bridgehead atoms. The van der Waals surface area contributed by atoms with Gasteiger partial charge in [-0.25, -0.2) is 8.78 Å². The quantitative estimate of drug-likeness (QED) is 0.738. The Labute approximate surface area is 81.9 Å². The Morgan fingerprint density at radius 3 is 2.86 bits per heavy atom. The molecule has 0 aliphatic carbocycles. The Hall–Kier alpha value is -1.16. The molecule has 1 aromatic carbocycles. The minimum atomic E-state index is -0.844. The number of nitrogens with one attached hydrogen (secondary N) is 1. The molecule has 0 radical (unpaired) electrons. The third kappa shape index (κ3) is 2.96. The molecule has 0 unspecified atom stereocenters. The number of hydrogen-bond donors (Lipinski definition) is 1. The van der Waals surface area contributed by atoms with Crippen LogP contribution in [0, 0.1) is 11.6 Å². The lowest BCUT2D eigenvalue weighted by Crippen LogP contribution is -2.10. The standard InChI is InChI=1S/C10H13F2NO/c1-2-14-7-6-13-9-5-3-4-8(11)10(9)12/h3-5,13H,2,6-7H2,1H3. The van der Waals surface area contributed by atoms with Crippen molar-refractivity contribution < 1.29 is 13.5 Å². The predicted molar refractivity (Wildman–Crippen MR) is 51.3 cm³/mol. The van der Waals surface area contributed by atoms with Gasteiger partial charge in [-0.15, -0.1) is 0 Å². The summed E-state index contributed by atoms with van der Waals surface area (Å²) in [4.78, 5) is 0. The fourth-order valence-electron chi connectivity index (χ4n) is 1.04. The second-order valence-corrected chi connectivity index (χ2v) is 2.73. The molecule has 0 aromatic heterocycles. The number of halogens is 2. The van der Waals surface area contributed by atoms with E-state index in [1.54, 1.807) is 0 Å². The number of hydrogen-bond acceptors (Lipinski definition) is 2. The van der Waals surface area contributed by atoms with Crippen molar-refractivity contribution in [1.29, 1.82) is 0 Å². The summed E-state index contributed by atoms with van der Waals surface area (Å²) in [5, 5.41) is 2.75. The molecular formula is C10H13F2NO. The van der Waals surface area contributed by atoms with E-state index in [0.717, 1.165) is 6.07 Å². The fraction of sp³-hybridized carbons (Fsp3) is 0.400. The van der Waals surface area contributed by atoms with Crippen LogP contribution in [0.1, 0.15) is 6.92 Å². The van der Waals surface area contributed by atoms with Crippen molar-refractivity contribution in [2.75, 3.05) is 25.1 Å². The van der Waals surface area contributed by atoms with Crippen molar-refractivity contribution in [3.8, 4) is 0 Å². The first-order chi connectivity index (χ1) is 6.75. The summed E-state index contributed by atoms with van der Waals surface area (Å²) in [7, 11) is 0. The molecule has 0 heterocycles. The molecule has 0 saturated carbocycles. The van der Waals surface area contributed by atoms with Crippen LogP contribution >= 0.6 is 0 Å². The van der Waals surface area contributed by atoms with Crippen LogP contribution in [0.5, 0.6) is 0 Å². The van der Waals surface area contributed by atoms with Gasteiger partial charge in [-0.3, -0.25) is 0 Å². The maximum absolute atomic E-state index is 13.0. The van der Waals surface area contributed by atoms with Crippen molar-refractivity contribution in [1.82, 2.24) is 0 Å². The molecule has 0 aliphatic rings. The SMILES string of the molecule is CCOCCNc1cccc(F)c1F. The molecule has 0 fully saturated rings. The predicted octanol–water partition coefficient (Wildman–Crippen LogP) is 2.41. The van der Waals surface area contributed by atoms with Crippen LogP contribution in [0.25, 0.3) is 0 Å². The molecule has 0 aliphatic heterocycles. The molecular weight excluding hydrogens is 188 g/mol. The van der Waals surface area contributed by atoms with Gasteiger partial charge >= 0.3 is 0 Å². The van der Waals surface area contributed by atoms with Crippen LogP contribution in [-0.4, -0.2) is 19.8 Å². The average Bonchev–Trinajstić information content (AvgIpc) is 2.19. The number of benzene rings is 1. The largest absolute Gasteiger partial charge is 0.380 e. The van der Waals surface area contributed by atoms with Crippen molar-refractivity contribution in [2.45, 2.75) is 6.92 Å². The molecule has 14 heavy (non-hydrogen) atoms. The van der Waals surface area contributed by atoms with Gasteiger partial charge in [0, 0.05) is 13.2 Å². The third-order valence-corrected chi connectivity index (χ3v) is 1.72. The van der Waals surface area contributed by atoms with E-state index in [-0.39, 0.29) is 5.69 Å². The lowest BCUT2D eigenvalue weighted by atomic mass is 10.3. The van der Waals surface area contributed by atoms with Gasteiger partial charge in [-0.2, -0.15) is 0 Å². The highest BCUT2D eigenvalue weighted by atomic mass is 19.2. The average molecular weight is 201 g/mol. The summed E-state index contributed by atoms with van der Waals surface area (Å²) in [6.07, 6.45) is 0. The second kappa shape index (κ2) is 5.54. The van der Waals surface area contributed by atoms with Crippen molar-refractivity contribution in [3.05, 3.63) is 29.8 Å². The van der Waals surface area contributed by atoms with E-state index in [1.807, 2.05) is 6.92 Å². The van der Waals surface area contributed by atoms with E-state index in [9.17, 15) is 8.78 Å². The maximum Gasteiger partial charge on any atom is 0.181 e. The van der Waals surface area contributed by atoms with Gasteiger partial charge in [-0.05, 0) is 19.1 Å². The second-order valence-electron chi connectivity index (χ2n) is 2.73. The van der Waals surface area contributed by atoms with Crippen LogP contribution in [0.2, 0.25) is 0 Å². The first-order valence-electron chi connectivity index (χ1n) is 4.51. The highest BCUT2D eigenvalue weighted by molar-refractivity contribution is 5.44. The summed E-state index contributed by atoms with van der Waals surface area (Å²) in [6, 6.07) is 4.04. The molecule has 0 saturated heterocycles. The normalized spacial score (nSPS) is 10.2. The van der Waals surface area contributed by atoms with E-state index in [1.165, 1.54) is 12.1 Å². The zero-order chi connectivity index (χ0) is 10.4. The molecule has 0 spiro atoms. The minimum Gasteiger partial charge on any atom is -0.380 e. The van der Waals surface area contributed by atoms with E-state index in [0.29, 0.717) is 19.8 Å². The van der Waals surface area contributed by atoms with E-state index in [2.05, 4.69) is 5.32 Å². The summed E-state index contributed by atoms with van der Waals surface area (Å²) in [6.45, 7) is 3.44. The Morgan fingerprint density at radius 1 is 1.36 bits per heavy atom. The smallest absolute Gasteiger partial charge is 0.181 e. The minimum absolute atomic E-state index is 0.171. The monoisotopic (exact) mass is 201 g/mol. The molecule has 2 nitrogen and oxygen atoms in total. The van der Waals surface area contributed by atoms with Crippen molar-refractivity contribution in [2.24, 2.45) is 0 Å². The van der Waals surface area contributed by atoms with Gasteiger partial charge in [0.25, 0.3) is 0 Å². The highest BCUT2D eigenvalue weighted by Crippen LogP contribution is 2.15. The summed E-state index contributed by atoms with van der Waals surface area (Å²) in [5.74, 6) is -1.68. The fourth-order valence-corrected chi connectivity index (χ4v) is 1.04. The Kier molecular flexibility index (Phi) is 4.32. The molecule has 0 atom stereocenters. The number of rotatable bonds is 5.